The third kappa shape index (κ3) is 2.52. The van der Waals surface area contributed by atoms with Crippen LogP contribution in [0.2, 0.25) is 0 Å². The van der Waals surface area contributed by atoms with Crippen LogP contribution in [0.15, 0.2) is 24.3 Å². The summed E-state index contributed by atoms with van der Waals surface area (Å²) in [7, 11) is 0. The van der Waals surface area contributed by atoms with Gasteiger partial charge in [-0.15, -0.1) is 0 Å². The minimum atomic E-state index is -0.757. The number of benzene rings is 1. The number of nitrogens with zero attached hydrogens (tertiary/aromatic N) is 1. The molecule has 17 heavy (non-hydrogen) atoms. The lowest BCUT2D eigenvalue weighted by Gasteiger charge is -2.27. The molecule has 0 spiro atoms. The topological polar surface area (TPSA) is 60.8 Å². The molecule has 2 atom stereocenters. The molecule has 2 rings (SSSR count). The Bertz CT molecular complexity index is 402. The predicted molar refractivity (Wildman–Crippen MR) is 65.3 cm³/mol. The standard InChI is InChI=1S/C13H17NO3/c1-9-6-7-14(12(9)8-13(16)17)10-2-4-11(15)5-3-10/h2-5,9,12,15H,6-8H2,1H3,(H,16,17)/t9-,12+/m1/s1. The first-order chi connectivity index (χ1) is 8.08. The zero-order valence-electron chi connectivity index (χ0n) is 9.84. The molecule has 0 aliphatic carbocycles. The molecule has 1 aromatic rings. The van der Waals surface area contributed by atoms with Crippen LogP contribution in [0.1, 0.15) is 19.8 Å². The maximum Gasteiger partial charge on any atom is 0.305 e. The Kier molecular flexibility index (Phi) is 3.22. The second-order valence-electron chi connectivity index (χ2n) is 4.64. The highest BCUT2D eigenvalue weighted by molar-refractivity contribution is 5.69. The van der Waals surface area contributed by atoms with Gasteiger partial charge in [0.2, 0.25) is 0 Å². The maximum atomic E-state index is 10.9. The van der Waals surface area contributed by atoms with Gasteiger partial charge >= 0.3 is 5.97 Å². The Morgan fingerprint density at radius 2 is 2.06 bits per heavy atom. The van der Waals surface area contributed by atoms with Crippen molar-refractivity contribution in [1.29, 1.82) is 0 Å². The summed E-state index contributed by atoms with van der Waals surface area (Å²) in [6.07, 6.45) is 1.18. The number of hydrogen-bond donors (Lipinski definition) is 2. The summed E-state index contributed by atoms with van der Waals surface area (Å²) in [4.78, 5) is 13.0. The van der Waals surface area contributed by atoms with Crippen LogP contribution in [-0.2, 0) is 4.79 Å². The monoisotopic (exact) mass is 235 g/mol. The molecule has 4 heteroatoms. The van der Waals surface area contributed by atoms with Crippen molar-refractivity contribution in [3.63, 3.8) is 0 Å². The number of hydrogen-bond acceptors (Lipinski definition) is 3. The zero-order chi connectivity index (χ0) is 12.4. The van der Waals surface area contributed by atoms with Crippen molar-refractivity contribution in [2.75, 3.05) is 11.4 Å². The summed E-state index contributed by atoms with van der Waals surface area (Å²) in [5.41, 5.74) is 0.985. The quantitative estimate of drug-likeness (QED) is 0.842. The molecule has 1 aliphatic heterocycles. The van der Waals surface area contributed by atoms with Crippen molar-refractivity contribution in [2.45, 2.75) is 25.8 Å². The van der Waals surface area contributed by atoms with E-state index in [0.29, 0.717) is 5.92 Å². The largest absolute Gasteiger partial charge is 0.508 e. The highest BCUT2D eigenvalue weighted by Crippen LogP contribution is 2.32. The summed E-state index contributed by atoms with van der Waals surface area (Å²) in [6, 6.07) is 6.99. The van der Waals surface area contributed by atoms with Crippen LogP contribution in [0.25, 0.3) is 0 Å². The third-order valence-electron chi connectivity index (χ3n) is 3.45. The number of carbonyl (C=O) groups is 1. The zero-order valence-corrected chi connectivity index (χ0v) is 9.84. The third-order valence-corrected chi connectivity index (χ3v) is 3.45. The van der Waals surface area contributed by atoms with Crippen molar-refractivity contribution in [1.82, 2.24) is 0 Å². The van der Waals surface area contributed by atoms with E-state index in [-0.39, 0.29) is 18.2 Å². The number of carboxylic acids is 1. The maximum absolute atomic E-state index is 10.9. The fourth-order valence-corrected chi connectivity index (χ4v) is 2.46. The van der Waals surface area contributed by atoms with E-state index in [2.05, 4.69) is 11.8 Å². The summed E-state index contributed by atoms with van der Waals surface area (Å²) < 4.78 is 0. The van der Waals surface area contributed by atoms with E-state index in [1.54, 1.807) is 12.1 Å². The van der Waals surface area contributed by atoms with Gasteiger partial charge in [-0.3, -0.25) is 4.79 Å². The van der Waals surface area contributed by atoms with Gasteiger partial charge in [0.1, 0.15) is 5.75 Å². The van der Waals surface area contributed by atoms with Gasteiger partial charge in [0.15, 0.2) is 0 Å². The molecular formula is C13H17NO3. The molecule has 92 valence electrons. The van der Waals surface area contributed by atoms with Crippen LogP contribution in [-0.4, -0.2) is 28.8 Å². The van der Waals surface area contributed by atoms with Crippen LogP contribution in [0.4, 0.5) is 5.69 Å². The molecule has 2 N–H and O–H groups in total. The molecule has 0 saturated carbocycles. The fraction of sp³-hybridized carbons (Fsp3) is 0.462. The van der Waals surface area contributed by atoms with E-state index in [4.69, 9.17) is 5.11 Å². The van der Waals surface area contributed by atoms with Gasteiger partial charge in [-0.1, -0.05) is 6.92 Å². The van der Waals surface area contributed by atoms with Crippen molar-refractivity contribution in [3.05, 3.63) is 24.3 Å². The lowest BCUT2D eigenvalue weighted by Crippen LogP contribution is -2.34. The highest BCUT2D eigenvalue weighted by Gasteiger charge is 2.32. The average Bonchev–Trinajstić information content (AvgIpc) is 2.61. The number of phenolic OH excluding ortho intramolecular Hbond substituents is 1. The Hall–Kier alpha value is -1.71. The Balaban J connectivity index is 2.19. The van der Waals surface area contributed by atoms with E-state index >= 15 is 0 Å². The number of aliphatic carboxylic acids is 1. The lowest BCUT2D eigenvalue weighted by molar-refractivity contribution is -0.137. The first-order valence-electron chi connectivity index (χ1n) is 5.85. The van der Waals surface area contributed by atoms with Gasteiger partial charge in [-0.25, -0.2) is 0 Å². The van der Waals surface area contributed by atoms with Crippen LogP contribution < -0.4 is 4.90 Å². The summed E-state index contributed by atoms with van der Waals surface area (Å²) in [5.74, 6) is -0.136. The average molecular weight is 235 g/mol. The van der Waals surface area contributed by atoms with Gasteiger partial charge in [-0.05, 0) is 36.6 Å². The van der Waals surface area contributed by atoms with E-state index < -0.39 is 5.97 Å². The van der Waals surface area contributed by atoms with Crippen molar-refractivity contribution in [2.24, 2.45) is 5.92 Å². The van der Waals surface area contributed by atoms with Gasteiger partial charge in [0, 0.05) is 18.3 Å². The number of aromatic hydroxyl groups is 1. The van der Waals surface area contributed by atoms with Crippen LogP contribution >= 0.6 is 0 Å². The van der Waals surface area contributed by atoms with E-state index in [0.717, 1.165) is 18.7 Å². The minimum Gasteiger partial charge on any atom is -0.508 e. The van der Waals surface area contributed by atoms with Crippen molar-refractivity contribution < 1.29 is 15.0 Å². The first-order valence-corrected chi connectivity index (χ1v) is 5.85. The first kappa shape index (κ1) is 11.8. The Labute approximate surface area is 100 Å². The van der Waals surface area contributed by atoms with E-state index in [1.165, 1.54) is 0 Å². The van der Waals surface area contributed by atoms with Gasteiger partial charge in [-0.2, -0.15) is 0 Å². The van der Waals surface area contributed by atoms with Gasteiger partial charge in [0.25, 0.3) is 0 Å². The number of carboxylic acid groups (broad SMARTS) is 1. The molecule has 0 unspecified atom stereocenters. The molecular weight excluding hydrogens is 218 g/mol. The van der Waals surface area contributed by atoms with Crippen LogP contribution in [0.5, 0.6) is 5.75 Å². The smallest absolute Gasteiger partial charge is 0.305 e. The molecule has 1 saturated heterocycles. The molecule has 1 heterocycles. The second-order valence-corrected chi connectivity index (χ2v) is 4.64. The Morgan fingerprint density at radius 3 is 2.65 bits per heavy atom. The van der Waals surface area contributed by atoms with E-state index in [1.807, 2.05) is 12.1 Å². The molecule has 0 bridgehead atoms. The van der Waals surface area contributed by atoms with Crippen LogP contribution in [0.3, 0.4) is 0 Å². The number of anilines is 1. The summed E-state index contributed by atoms with van der Waals surface area (Å²) in [6.45, 7) is 2.97. The molecule has 1 aromatic carbocycles. The van der Waals surface area contributed by atoms with Crippen molar-refractivity contribution >= 4 is 11.7 Å². The molecule has 0 aromatic heterocycles. The highest BCUT2D eigenvalue weighted by atomic mass is 16.4. The number of rotatable bonds is 3. The lowest BCUT2D eigenvalue weighted by atomic mass is 10.00. The SMILES string of the molecule is C[C@@H]1CCN(c2ccc(O)cc2)[C@H]1CC(=O)O. The predicted octanol–water partition coefficient (Wildman–Crippen LogP) is 2.08. The Morgan fingerprint density at radius 1 is 1.41 bits per heavy atom. The fourth-order valence-electron chi connectivity index (χ4n) is 2.46. The molecule has 0 radical (unpaired) electrons. The number of phenols is 1. The van der Waals surface area contributed by atoms with Crippen LogP contribution in [0, 0.1) is 5.92 Å². The van der Waals surface area contributed by atoms with Gasteiger partial charge < -0.3 is 15.1 Å². The van der Waals surface area contributed by atoms with Crippen molar-refractivity contribution in [3.8, 4) is 5.75 Å². The molecule has 1 fully saturated rings. The minimum absolute atomic E-state index is 0.0528. The molecule has 1 aliphatic rings. The molecule has 4 nitrogen and oxygen atoms in total. The molecule has 0 amide bonds. The van der Waals surface area contributed by atoms with Gasteiger partial charge in [0.05, 0.1) is 6.42 Å². The summed E-state index contributed by atoms with van der Waals surface area (Å²) in [5, 5.41) is 18.2. The van der Waals surface area contributed by atoms with E-state index in [9.17, 15) is 9.90 Å². The normalized spacial score (nSPS) is 23.9. The summed E-state index contributed by atoms with van der Waals surface area (Å²) >= 11 is 0. The second kappa shape index (κ2) is 4.65.